The number of pyridine rings is 1. The molecule has 29 heavy (non-hydrogen) atoms. The molecule has 0 radical (unpaired) electrons. The van der Waals surface area contributed by atoms with Gasteiger partial charge in [0.15, 0.2) is 5.13 Å². The van der Waals surface area contributed by atoms with Gasteiger partial charge in [-0.1, -0.05) is 34.5 Å². The Morgan fingerprint density at radius 3 is 2.79 bits per heavy atom. The molecule has 0 saturated heterocycles. The van der Waals surface area contributed by atoms with E-state index < -0.39 is 0 Å². The van der Waals surface area contributed by atoms with Crippen LogP contribution in [-0.2, 0) is 0 Å². The second kappa shape index (κ2) is 8.24. The molecule has 1 amide bonds. The van der Waals surface area contributed by atoms with Crippen LogP contribution in [0.2, 0.25) is 10.0 Å². The summed E-state index contributed by atoms with van der Waals surface area (Å²) in [5, 5.41) is 7.34. The van der Waals surface area contributed by atoms with Gasteiger partial charge in [-0.05, 0) is 48.5 Å². The number of thiazole rings is 1. The van der Waals surface area contributed by atoms with E-state index in [1.54, 1.807) is 43.6 Å². The lowest BCUT2D eigenvalue weighted by atomic mass is 10.2. The molecule has 0 aliphatic carbocycles. The van der Waals surface area contributed by atoms with E-state index >= 15 is 0 Å². The van der Waals surface area contributed by atoms with Crippen molar-refractivity contribution in [2.45, 2.75) is 0 Å². The molecular formula is C20H14Cl2N4O2S. The van der Waals surface area contributed by atoms with E-state index in [2.05, 4.69) is 20.6 Å². The summed E-state index contributed by atoms with van der Waals surface area (Å²) in [6.07, 6.45) is 1.59. The lowest BCUT2D eigenvalue weighted by Gasteiger charge is -2.11. The Labute approximate surface area is 180 Å². The van der Waals surface area contributed by atoms with Crippen LogP contribution >= 0.6 is 34.5 Å². The molecule has 9 heteroatoms. The summed E-state index contributed by atoms with van der Waals surface area (Å²) in [5.74, 6) is 0.770. The van der Waals surface area contributed by atoms with E-state index in [1.165, 1.54) is 11.3 Å². The molecule has 0 aliphatic rings. The van der Waals surface area contributed by atoms with E-state index in [9.17, 15) is 4.79 Å². The molecule has 0 spiro atoms. The zero-order chi connectivity index (χ0) is 20.4. The third-order valence-electron chi connectivity index (χ3n) is 4.05. The zero-order valence-electron chi connectivity index (χ0n) is 15.1. The van der Waals surface area contributed by atoms with Crippen LogP contribution < -0.4 is 15.4 Å². The molecule has 2 aromatic carbocycles. The number of amides is 1. The van der Waals surface area contributed by atoms with Gasteiger partial charge in [-0.25, -0.2) is 9.97 Å². The van der Waals surface area contributed by atoms with Gasteiger partial charge in [0.05, 0.1) is 33.6 Å². The van der Waals surface area contributed by atoms with Gasteiger partial charge < -0.3 is 10.1 Å². The molecular weight excluding hydrogens is 431 g/mol. The van der Waals surface area contributed by atoms with Crippen molar-refractivity contribution < 1.29 is 9.53 Å². The molecule has 146 valence electrons. The molecule has 2 aromatic heterocycles. The average molecular weight is 445 g/mol. The van der Waals surface area contributed by atoms with Gasteiger partial charge >= 0.3 is 0 Å². The van der Waals surface area contributed by atoms with Crippen LogP contribution in [0.1, 0.15) is 10.4 Å². The number of nitrogens with zero attached hydrogens (tertiary/aromatic N) is 2. The molecule has 0 aliphatic heterocycles. The number of hydrogen-bond acceptors (Lipinski definition) is 6. The number of rotatable bonds is 5. The molecule has 0 saturated carbocycles. The number of ether oxygens (including phenoxy) is 1. The van der Waals surface area contributed by atoms with E-state index in [-0.39, 0.29) is 5.91 Å². The minimum Gasteiger partial charge on any atom is -0.497 e. The molecule has 2 N–H and O–H groups in total. The van der Waals surface area contributed by atoms with Crippen LogP contribution in [0, 0.1) is 0 Å². The van der Waals surface area contributed by atoms with Gasteiger partial charge in [0.1, 0.15) is 11.6 Å². The Morgan fingerprint density at radius 1 is 1.14 bits per heavy atom. The predicted molar refractivity (Wildman–Crippen MR) is 118 cm³/mol. The fraction of sp³-hybridized carbons (Fsp3) is 0.0500. The van der Waals surface area contributed by atoms with Crippen molar-refractivity contribution in [1.29, 1.82) is 0 Å². The summed E-state index contributed by atoms with van der Waals surface area (Å²) in [4.78, 5) is 21.6. The van der Waals surface area contributed by atoms with Crippen molar-refractivity contribution in [1.82, 2.24) is 9.97 Å². The Bertz CT molecular complexity index is 1210. The molecule has 0 unspecified atom stereocenters. The minimum absolute atomic E-state index is 0.336. The Balaban J connectivity index is 1.59. The number of methoxy groups -OCH3 is 1. The number of anilines is 3. The topological polar surface area (TPSA) is 76.1 Å². The maximum Gasteiger partial charge on any atom is 0.261 e. The Hall–Kier alpha value is -2.87. The SMILES string of the molecule is COc1ccc2nc(NC(=O)c3cccnc3Nc3ccc(Cl)cc3Cl)sc2c1. The van der Waals surface area contributed by atoms with Crippen LogP contribution in [-0.4, -0.2) is 23.0 Å². The lowest BCUT2D eigenvalue weighted by molar-refractivity contribution is 0.102. The zero-order valence-corrected chi connectivity index (χ0v) is 17.4. The third-order valence-corrected chi connectivity index (χ3v) is 5.53. The normalized spacial score (nSPS) is 10.7. The van der Waals surface area contributed by atoms with E-state index in [1.807, 2.05) is 18.2 Å². The van der Waals surface area contributed by atoms with Gasteiger partial charge in [0.25, 0.3) is 5.91 Å². The van der Waals surface area contributed by atoms with E-state index in [0.717, 1.165) is 16.0 Å². The second-order valence-corrected chi connectivity index (χ2v) is 7.83. The maximum atomic E-state index is 12.9. The van der Waals surface area contributed by atoms with Crippen LogP contribution in [0.4, 0.5) is 16.6 Å². The average Bonchev–Trinajstić information content (AvgIpc) is 3.11. The first kappa shape index (κ1) is 19.4. The lowest BCUT2D eigenvalue weighted by Crippen LogP contribution is -2.14. The minimum atomic E-state index is -0.336. The van der Waals surface area contributed by atoms with Crippen molar-refractivity contribution >= 4 is 67.3 Å². The highest BCUT2D eigenvalue weighted by molar-refractivity contribution is 7.22. The standard InChI is InChI=1S/C20H14Cl2N4O2S/c1-28-12-5-7-16-17(10-12)29-20(25-16)26-19(27)13-3-2-8-23-18(13)24-15-6-4-11(21)9-14(15)22/h2-10H,1H3,(H,23,24)(H,25,26,27). The molecule has 0 bridgehead atoms. The summed E-state index contributed by atoms with van der Waals surface area (Å²) >= 11 is 13.5. The van der Waals surface area contributed by atoms with Gasteiger partial charge in [-0.15, -0.1) is 0 Å². The molecule has 6 nitrogen and oxygen atoms in total. The summed E-state index contributed by atoms with van der Waals surface area (Å²) in [6, 6.07) is 14.0. The van der Waals surface area contributed by atoms with E-state index in [4.69, 9.17) is 27.9 Å². The number of benzene rings is 2. The first-order valence-corrected chi connectivity index (χ1v) is 10.0. The number of carbonyl (C=O) groups is 1. The van der Waals surface area contributed by atoms with Gasteiger partial charge in [-0.3, -0.25) is 10.1 Å². The Kier molecular flexibility index (Phi) is 5.53. The Morgan fingerprint density at radius 2 is 2.00 bits per heavy atom. The molecule has 2 heterocycles. The van der Waals surface area contributed by atoms with Crippen molar-refractivity contribution in [3.63, 3.8) is 0 Å². The summed E-state index contributed by atoms with van der Waals surface area (Å²) < 4.78 is 6.14. The number of fused-ring (bicyclic) bond motifs is 1. The largest absolute Gasteiger partial charge is 0.497 e. The third kappa shape index (κ3) is 4.27. The van der Waals surface area contributed by atoms with Gasteiger partial charge in [0, 0.05) is 11.2 Å². The van der Waals surface area contributed by atoms with Crippen molar-refractivity contribution in [2.75, 3.05) is 17.7 Å². The first-order valence-electron chi connectivity index (χ1n) is 8.46. The quantitative estimate of drug-likeness (QED) is 0.394. The van der Waals surface area contributed by atoms with Crippen LogP contribution in [0.25, 0.3) is 10.2 Å². The predicted octanol–water partition coefficient (Wildman–Crippen LogP) is 6.00. The fourth-order valence-electron chi connectivity index (χ4n) is 2.66. The number of hydrogen-bond donors (Lipinski definition) is 2. The van der Waals surface area contributed by atoms with E-state index in [0.29, 0.717) is 32.2 Å². The highest BCUT2D eigenvalue weighted by atomic mass is 35.5. The number of aromatic nitrogens is 2. The fourth-order valence-corrected chi connectivity index (χ4v) is 4.00. The van der Waals surface area contributed by atoms with Gasteiger partial charge in [0.2, 0.25) is 0 Å². The van der Waals surface area contributed by atoms with Crippen molar-refractivity contribution in [3.8, 4) is 5.75 Å². The maximum absolute atomic E-state index is 12.9. The van der Waals surface area contributed by atoms with Crippen LogP contribution in [0.15, 0.2) is 54.7 Å². The highest BCUT2D eigenvalue weighted by Crippen LogP contribution is 2.31. The van der Waals surface area contributed by atoms with Crippen LogP contribution in [0.5, 0.6) is 5.75 Å². The number of halogens is 2. The highest BCUT2D eigenvalue weighted by Gasteiger charge is 2.16. The first-order chi connectivity index (χ1) is 14.0. The van der Waals surface area contributed by atoms with Crippen LogP contribution in [0.3, 0.4) is 0 Å². The summed E-state index contributed by atoms with van der Waals surface area (Å²) in [7, 11) is 1.61. The van der Waals surface area contributed by atoms with Crippen molar-refractivity contribution in [2.24, 2.45) is 0 Å². The monoisotopic (exact) mass is 444 g/mol. The smallest absolute Gasteiger partial charge is 0.261 e. The molecule has 4 aromatic rings. The molecule has 4 rings (SSSR count). The number of carbonyl (C=O) groups excluding carboxylic acids is 1. The van der Waals surface area contributed by atoms with Crippen molar-refractivity contribution in [3.05, 3.63) is 70.3 Å². The number of nitrogens with one attached hydrogen (secondary N) is 2. The van der Waals surface area contributed by atoms with Gasteiger partial charge in [-0.2, -0.15) is 0 Å². The summed E-state index contributed by atoms with van der Waals surface area (Å²) in [6.45, 7) is 0. The molecule has 0 fully saturated rings. The summed E-state index contributed by atoms with van der Waals surface area (Å²) in [5.41, 5.74) is 1.73. The molecule has 0 atom stereocenters. The second-order valence-electron chi connectivity index (χ2n) is 5.96.